The number of benzene rings is 1. The summed E-state index contributed by atoms with van der Waals surface area (Å²) in [6, 6.07) is 13.4. The van der Waals surface area contributed by atoms with Crippen LogP contribution in [0.2, 0.25) is 0 Å². The van der Waals surface area contributed by atoms with Crippen molar-refractivity contribution in [3.63, 3.8) is 0 Å². The fraction of sp³-hybridized carbons (Fsp3) is 0.379. The second kappa shape index (κ2) is 10.6. The second-order valence-electron chi connectivity index (χ2n) is 10.3. The molecule has 38 heavy (non-hydrogen) atoms. The number of ether oxygens (including phenoxy) is 1. The van der Waals surface area contributed by atoms with E-state index in [1.165, 1.54) is 18.4 Å². The molecule has 3 aromatic heterocycles. The van der Waals surface area contributed by atoms with Crippen molar-refractivity contribution in [2.75, 3.05) is 17.7 Å². The van der Waals surface area contributed by atoms with Crippen molar-refractivity contribution in [1.29, 1.82) is 0 Å². The molecule has 3 heterocycles. The number of hydrogen-bond donors (Lipinski definition) is 1. The van der Waals surface area contributed by atoms with Crippen LogP contribution in [0.1, 0.15) is 56.1 Å². The van der Waals surface area contributed by atoms with Crippen molar-refractivity contribution < 1.29 is 14.3 Å². The van der Waals surface area contributed by atoms with Crippen molar-refractivity contribution in [1.82, 2.24) is 14.6 Å². The van der Waals surface area contributed by atoms with E-state index >= 15 is 0 Å². The monoisotopic (exact) mass is 531 g/mol. The van der Waals surface area contributed by atoms with Crippen LogP contribution < -0.4 is 10.6 Å². The summed E-state index contributed by atoms with van der Waals surface area (Å²) in [6.45, 7) is 6.23. The molecule has 0 aliphatic heterocycles. The molecule has 198 valence electrons. The average Bonchev–Trinajstić information content (AvgIpc) is 3.55. The highest BCUT2D eigenvalue weighted by atomic mass is 32.1. The molecule has 1 saturated carbocycles. The van der Waals surface area contributed by atoms with Gasteiger partial charge in [-0.1, -0.05) is 31.2 Å². The Hall–Kier alpha value is -3.72. The largest absolute Gasteiger partial charge is 0.465 e. The van der Waals surface area contributed by atoms with E-state index in [9.17, 15) is 9.59 Å². The summed E-state index contributed by atoms with van der Waals surface area (Å²) in [5.41, 5.74) is 9.96. The first-order valence-corrected chi connectivity index (χ1v) is 13.8. The SMILES string of the molecule is COC(=O)c1sc(-c2ccc(-c3cc4nccc(N)n4n3)cc2)cc1N(C(=O)C1CCC(C)CC1)C(C)C. The predicted molar refractivity (Wildman–Crippen MR) is 151 cm³/mol. The third-order valence-electron chi connectivity index (χ3n) is 7.31. The number of thiophene rings is 1. The Balaban J connectivity index is 1.48. The Morgan fingerprint density at radius 3 is 2.39 bits per heavy atom. The normalized spacial score (nSPS) is 17.6. The summed E-state index contributed by atoms with van der Waals surface area (Å²) >= 11 is 1.35. The standard InChI is InChI=1S/C29H33N5O3S/c1-17(2)33(28(35)21-7-5-18(3)6-8-21)23-16-24(38-27(23)29(36)37-4)20-11-9-19(10-12-20)22-15-26-31-14-13-25(30)34(26)32-22/h9-18,21H,5-8,30H2,1-4H3. The minimum absolute atomic E-state index is 0.0179. The van der Waals surface area contributed by atoms with E-state index in [2.05, 4.69) is 17.0 Å². The number of methoxy groups -OCH3 is 1. The van der Waals surface area contributed by atoms with Crippen LogP contribution in [0.15, 0.2) is 48.7 Å². The maximum atomic E-state index is 13.7. The maximum Gasteiger partial charge on any atom is 0.350 e. The van der Waals surface area contributed by atoms with Gasteiger partial charge in [0.25, 0.3) is 0 Å². The van der Waals surface area contributed by atoms with Crippen molar-refractivity contribution in [2.45, 2.75) is 52.5 Å². The van der Waals surface area contributed by atoms with E-state index in [-0.39, 0.29) is 17.9 Å². The molecule has 1 aromatic carbocycles. The number of nitrogens with zero attached hydrogens (tertiary/aromatic N) is 4. The van der Waals surface area contributed by atoms with Crippen molar-refractivity contribution in [2.24, 2.45) is 11.8 Å². The molecule has 1 amide bonds. The number of carbonyl (C=O) groups is 2. The molecule has 0 bridgehead atoms. The van der Waals surface area contributed by atoms with Crippen molar-refractivity contribution in [3.05, 3.63) is 53.5 Å². The Bertz CT molecular complexity index is 1470. The van der Waals surface area contributed by atoms with Gasteiger partial charge in [-0.2, -0.15) is 9.61 Å². The van der Waals surface area contributed by atoms with Gasteiger partial charge in [-0.3, -0.25) is 4.79 Å². The van der Waals surface area contributed by atoms with Crippen LogP contribution >= 0.6 is 11.3 Å². The highest BCUT2D eigenvalue weighted by Crippen LogP contribution is 2.40. The molecule has 5 rings (SSSR count). The number of aromatic nitrogens is 3. The number of carbonyl (C=O) groups excluding carboxylic acids is 2. The third-order valence-corrected chi connectivity index (χ3v) is 8.47. The van der Waals surface area contributed by atoms with Crippen LogP contribution in [-0.4, -0.2) is 39.6 Å². The first-order valence-electron chi connectivity index (χ1n) is 13.0. The van der Waals surface area contributed by atoms with Gasteiger partial charge in [-0.15, -0.1) is 11.3 Å². The zero-order valence-corrected chi connectivity index (χ0v) is 23.0. The van der Waals surface area contributed by atoms with Crippen LogP contribution in [0.4, 0.5) is 11.5 Å². The molecule has 1 fully saturated rings. The lowest BCUT2D eigenvalue weighted by Gasteiger charge is -2.33. The van der Waals surface area contributed by atoms with Gasteiger partial charge in [0.05, 0.1) is 18.5 Å². The minimum atomic E-state index is -0.432. The third kappa shape index (κ3) is 4.90. The molecular formula is C29H33N5O3S. The Morgan fingerprint density at radius 2 is 1.76 bits per heavy atom. The quantitative estimate of drug-likeness (QED) is 0.303. The summed E-state index contributed by atoms with van der Waals surface area (Å²) in [4.78, 5) is 34.0. The number of nitrogen functional groups attached to an aromatic ring is 1. The van der Waals surface area contributed by atoms with Crippen LogP contribution in [0.25, 0.3) is 27.3 Å². The van der Waals surface area contributed by atoms with Crippen molar-refractivity contribution in [3.8, 4) is 21.7 Å². The number of anilines is 2. The highest BCUT2D eigenvalue weighted by molar-refractivity contribution is 7.18. The zero-order valence-electron chi connectivity index (χ0n) is 22.2. The number of hydrogen-bond acceptors (Lipinski definition) is 7. The Kier molecular flexibility index (Phi) is 7.21. The lowest BCUT2D eigenvalue weighted by molar-refractivity contribution is -0.123. The van der Waals surface area contributed by atoms with Gasteiger partial charge in [-0.25, -0.2) is 9.78 Å². The lowest BCUT2D eigenvalue weighted by atomic mass is 9.82. The summed E-state index contributed by atoms with van der Waals surface area (Å²) in [5, 5.41) is 4.57. The van der Waals surface area contributed by atoms with E-state index in [4.69, 9.17) is 10.5 Å². The van der Waals surface area contributed by atoms with Gasteiger partial charge in [0, 0.05) is 34.7 Å². The van der Waals surface area contributed by atoms with Crippen LogP contribution in [-0.2, 0) is 9.53 Å². The lowest BCUT2D eigenvalue weighted by Crippen LogP contribution is -2.42. The van der Waals surface area contributed by atoms with E-state index in [1.54, 1.807) is 21.7 Å². The zero-order chi connectivity index (χ0) is 27.0. The summed E-state index contributed by atoms with van der Waals surface area (Å²) in [7, 11) is 1.38. The molecule has 1 aliphatic carbocycles. The van der Waals surface area contributed by atoms with Crippen molar-refractivity contribution >= 4 is 40.4 Å². The molecule has 4 aromatic rings. The number of rotatable bonds is 6. The van der Waals surface area contributed by atoms with Gasteiger partial charge in [-0.05, 0) is 63.1 Å². The van der Waals surface area contributed by atoms with E-state index in [0.717, 1.165) is 47.4 Å². The first kappa shape index (κ1) is 25.9. The molecule has 0 radical (unpaired) electrons. The van der Waals surface area contributed by atoms with Gasteiger partial charge >= 0.3 is 5.97 Å². The molecule has 8 nitrogen and oxygen atoms in total. The molecule has 1 aliphatic rings. The maximum absolute atomic E-state index is 13.7. The fourth-order valence-corrected chi connectivity index (χ4v) is 6.23. The average molecular weight is 532 g/mol. The smallest absolute Gasteiger partial charge is 0.350 e. The summed E-state index contributed by atoms with van der Waals surface area (Å²) < 4.78 is 6.73. The van der Waals surface area contributed by atoms with E-state index in [1.807, 2.05) is 50.2 Å². The van der Waals surface area contributed by atoms with Gasteiger partial charge in [0.1, 0.15) is 10.7 Å². The molecule has 9 heteroatoms. The minimum Gasteiger partial charge on any atom is -0.465 e. The molecule has 0 unspecified atom stereocenters. The van der Waals surface area contributed by atoms with E-state index < -0.39 is 5.97 Å². The van der Waals surface area contributed by atoms with E-state index in [0.29, 0.717) is 27.9 Å². The molecule has 0 spiro atoms. The molecular weight excluding hydrogens is 498 g/mol. The second-order valence-corrected chi connectivity index (χ2v) is 11.4. The Labute approximate surface area is 226 Å². The Morgan fingerprint density at radius 1 is 1.08 bits per heavy atom. The van der Waals surface area contributed by atoms with Gasteiger partial charge < -0.3 is 15.4 Å². The van der Waals surface area contributed by atoms with Crippen LogP contribution in [0.5, 0.6) is 0 Å². The van der Waals surface area contributed by atoms with Crippen LogP contribution in [0, 0.1) is 11.8 Å². The molecule has 2 N–H and O–H groups in total. The first-order chi connectivity index (χ1) is 18.3. The summed E-state index contributed by atoms with van der Waals surface area (Å²) in [6.07, 6.45) is 5.55. The van der Waals surface area contributed by atoms with Gasteiger partial charge in [0.15, 0.2) is 5.65 Å². The number of esters is 1. The number of fused-ring (bicyclic) bond motifs is 1. The molecule has 0 atom stereocenters. The van der Waals surface area contributed by atoms with Gasteiger partial charge in [0.2, 0.25) is 5.91 Å². The highest BCUT2D eigenvalue weighted by Gasteiger charge is 2.33. The number of nitrogens with two attached hydrogens (primary N) is 1. The summed E-state index contributed by atoms with van der Waals surface area (Å²) in [5.74, 6) is 0.818. The van der Waals surface area contributed by atoms with Crippen LogP contribution in [0.3, 0.4) is 0 Å². The number of amides is 1. The topological polar surface area (TPSA) is 103 Å². The fourth-order valence-electron chi connectivity index (χ4n) is 5.16. The predicted octanol–water partition coefficient (Wildman–Crippen LogP) is 6.06. The molecule has 0 saturated heterocycles.